The van der Waals surface area contributed by atoms with Gasteiger partial charge in [-0.2, -0.15) is 0 Å². The summed E-state index contributed by atoms with van der Waals surface area (Å²) in [6.45, 7) is 7.76. The fourth-order valence-electron chi connectivity index (χ4n) is 1.28. The summed E-state index contributed by atoms with van der Waals surface area (Å²) < 4.78 is 5.22. The predicted octanol–water partition coefficient (Wildman–Crippen LogP) is 0.897. The highest BCUT2D eigenvalue weighted by Gasteiger charge is 2.29. The van der Waals surface area contributed by atoms with Crippen LogP contribution in [0, 0.1) is 0 Å². The molecule has 0 bridgehead atoms. The average molecular weight is 258 g/mol. The molecule has 1 aromatic rings. The Morgan fingerprint density at radius 3 is 2.71 bits per heavy atom. The molecule has 1 amide bonds. The van der Waals surface area contributed by atoms with E-state index >= 15 is 0 Å². The summed E-state index contributed by atoms with van der Waals surface area (Å²) in [4.78, 5) is 11.8. The Bertz CT molecular complexity index is 391. The molecule has 1 aromatic heterocycles. The fraction of sp³-hybridized carbons (Fsp3) is 0.700. The van der Waals surface area contributed by atoms with E-state index in [9.17, 15) is 4.79 Å². The monoisotopic (exact) mass is 258 g/mol. The first-order chi connectivity index (χ1) is 7.86. The standard InChI is InChI=1S/C10H18N4O2S/c1-5-16-6(2)7(15)12-10(3,4)8-13-14-9(11)17-8/h6H,5H2,1-4H3,(H2,11,14)(H,12,15). The maximum Gasteiger partial charge on any atom is 0.249 e. The number of carbonyl (C=O) groups excluding carboxylic acids is 1. The molecule has 0 fully saturated rings. The van der Waals surface area contributed by atoms with Gasteiger partial charge in [0.15, 0.2) is 0 Å². The molecule has 1 heterocycles. The van der Waals surface area contributed by atoms with Gasteiger partial charge in [0.2, 0.25) is 11.0 Å². The topological polar surface area (TPSA) is 90.1 Å². The van der Waals surface area contributed by atoms with Crippen LogP contribution in [0.5, 0.6) is 0 Å². The minimum Gasteiger partial charge on any atom is -0.374 e. The van der Waals surface area contributed by atoms with E-state index in [0.29, 0.717) is 16.7 Å². The van der Waals surface area contributed by atoms with Crippen LogP contribution in [0.2, 0.25) is 0 Å². The maximum atomic E-state index is 11.8. The summed E-state index contributed by atoms with van der Waals surface area (Å²) in [7, 11) is 0. The lowest BCUT2D eigenvalue weighted by atomic mass is 10.1. The maximum absolute atomic E-state index is 11.8. The number of nitrogen functional groups attached to an aromatic ring is 1. The van der Waals surface area contributed by atoms with Crippen LogP contribution in [0.25, 0.3) is 0 Å². The van der Waals surface area contributed by atoms with Gasteiger partial charge in [-0.25, -0.2) is 0 Å². The number of anilines is 1. The quantitative estimate of drug-likeness (QED) is 0.818. The number of rotatable bonds is 5. The molecule has 0 saturated carbocycles. The lowest BCUT2D eigenvalue weighted by molar-refractivity contribution is -0.133. The molecule has 0 spiro atoms. The third-order valence-corrected chi connectivity index (χ3v) is 3.27. The molecule has 0 aliphatic rings. The number of ether oxygens (including phenoxy) is 1. The smallest absolute Gasteiger partial charge is 0.249 e. The van der Waals surface area contributed by atoms with Crippen LogP contribution in [0.4, 0.5) is 5.13 Å². The van der Waals surface area contributed by atoms with Crippen molar-refractivity contribution in [3.8, 4) is 0 Å². The summed E-state index contributed by atoms with van der Waals surface area (Å²) in [6.07, 6.45) is -0.482. The van der Waals surface area contributed by atoms with E-state index in [1.54, 1.807) is 6.92 Å². The van der Waals surface area contributed by atoms with Gasteiger partial charge in [-0.15, -0.1) is 10.2 Å². The molecule has 1 atom stereocenters. The predicted molar refractivity (Wildman–Crippen MR) is 66.6 cm³/mol. The Balaban J connectivity index is 2.69. The number of nitrogens with one attached hydrogen (secondary N) is 1. The Hall–Kier alpha value is -1.21. The van der Waals surface area contributed by atoms with Gasteiger partial charge in [-0.1, -0.05) is 11.3 Å². The van der Waals surface area contributed by atoms with Crippen molar-refractivity contribution in [2.45, 2.75) is 39.3 Å². The third-order valence-electron chi connectivity index (χ3n) is 2.20. The van der Waals surface area contributed by atoms with Crippen LogP contribution < -0.4 is 11.1 Å². The van der Waals surface area contributed by atoms with Crippen molar-refractivity contribution in [3.63, 3.8) is 0 Å². The number of aromatic nitrogens is 2. The minimum absolute atomic E-state index is 0.175. The van der Waals surface area contributed by atoms with Crippen LogP contribution >= 0.6 is 11.3 Å². The molecule has 6 nitrogen and oxygen atoms in total. The van der Waals surface area contributed by atoms with Crippen molar-refractivity contribution in [3.05, 3.63) is 5.01 Å². The molecule has 0 aliphatic heterocycles. The molecule has 17 heavy (non-hydrogen) atoms. The number of carbonyl (C=O) groups is 1. The lowest BCUT2D eigenvalue weighted by Crippen LogP contribution is -2.45. The summed E-state index contributed by atoms with van der Waals surface area (Å²) in [6, 6.07) is 0. The lowest BCUT2D eigenvalue weighted by Gasteiger charge is -2.25. The van der Waals surface area contributed by atoms with Crippen LogP contribution in [-0.4, -0.2) is 28.8 Å². The highest BCUT2D eigenvalue weighted by molar-refractivity contribution is 7.15. The van der Waals surface area contributed by atoms with E-state index in [-0.39, 0.29) is 5.91 Å². The Kier molecular flexibility index (Phi) is 4.41. The molecular weight excluding hydrogens is 240 g/mol. The highest BCUT2D eigenvalue weighted by Crippen LogP contribution is 2.24. The zero-order valence-electron chi connectivity index (χ0n) is 10.5. The van der Waals surface area contributed by atoms with Crippen molar-refractivity contribution in [1.29, 1.82) is 0 Å². The van der Waals surface area contributed by atoms with Gasteiger partial charge in [0.25, 0.3) is 0 Å². The second-order valence-corrected chi connectivity index (χ2v) is 5.17. The molecule has 0 saturated heterocycles. The summed E-state index contributed by atoms with van der Waals surface area (Å²) in [5, 5.41) is 11.6. The van der Waals surface area contributed by atoms with Gasteiger partial charge >= 0.3 is 0 Å². The highest BCUT2D eigenvalue weighted by atomic mass is 32.1. The Morgan fingerprint density at radius 1 is 1.59 bits per heavy atom. The first-order valence-electron chi connectivity index (χ1n) is 5.40. The van der Waals surface area contributed by atoms with Crippen LogP contribution in [-0.2, 0) is 15.1 Å². The summed E-state index contributed by atoms with van der Waals surface area (Å²) >= 11 is 1.26. The molecule has 96 valence electrons. The van der Waals surface area contributed by atoms with E-state index in [0.717, 1.165) is 0 Å². The van der Waals surface area contributed by atoms with E-state index in [2.05, 4.69) is 15.5 Å². The number of amides is 1. The largest absolute Gasteiger partial charge is 0.374 e. The average Bonchev–Trinajstić information content (AvgIpc) is 2.65. The second kappa shape index (κ2) is 5.42. The van der Waals surface area contributed by atoms with Crippen molar-refractivity contribution in [2.24, 2.45) is 0 Å². The zero-order valence-corrected chi connectivity index (χ0v) is 11.3. The van der Waals surface area contributed by atoms with E-state index in [1.165, 1.54) is 11.3 Å². The molecule has 1 unspecified atom stereocenters. The van der Waals surface area contributed by atoms with Gasteiger partial charge in [-0.05, 0) is 27.7 Å². The van der Waals surface area contributed by atoms with Gasteiger partial charge in [0.1, 0.15) is 11.1 Å². The normalized spacial score (nSPS) is 13.4. The third kappa shape index (κ3) is 3.64. The van der Waals surface area contributed by atoms with Crippen LogP contribution in [0.15, 0.2) is 0 Å². The summed E-state index contributed by atoms with van der Waals surface area (Å²) in [5.41, 5.74) is 4.92. The van der Waals surface area contributed by atoms with Crippen LogP contribution in [0.1, 0.15) is 32.7 Å². The van der Waals surface area contributed by atoms with Crippen molar-refractivity contribution in [1.82, 2.24) is 15.5 Å². The van der Waals surface area contributed by atoms with Crippen molar-refractivity contribution in [2.75, 3.05) is 12.3 Å². The summed E-state index contributed by atoms with van der Waals surface area (Å²) in [5.74, 6) is -0.175. The van der Waals surface area contributed by atoms with Gasteiger partial charge < -0.3 is 15.8 Å². The van der Waals surface area contributed by atoms with E-state index in [1.807, 2.05) is 20.8 Å². The van der Waals surface area contributed by atoms with Gasteiger partial charge in [-0.3, -0.25) is 4.79 Å². The molecule has 3 N–H and O–H groups in total. The molecule has 1 rings (SSSR count). The van der Waals surface area contributed by atoms with Gasteiger partial charge in [0, 0.05) is 6.61 Å². The molecular formula is C10H18N4O2S. The molecule has 0 radical (unpaired) electrons. The van der Waals surface area contributed by atoms with E-state index < -0.39 is 11.6 Å². The molecule has 0 aromatic carbocycles. The number of hydrogen-bond acceptors (Lipinski definition) is 6. The van der Waals surface area contributed by atoms with E-state index in [4.69, 9.17) is 10.5 Å². The SMILES string of the molecule is CCOC(C)C(=O)NC(C)(C)c1nnc(N)s1. The Morgan fingerprint density at radius 2 is 2.24 bits per heavy atom. The first kappa shape index (κ1) is 13.9. The van der Waals surface area contributed by atoms with Crippen molar-refractivity contribution >= 4 is 22.4 Å². The fourth-order valence-corrected chi connectivity index (χ4v) is 1.94. The second-order valence-electron chi connectivity index (χ2n) is 4.16. The number of hydrogen-bond donors (Lipinski definition) is 2. The number of nitrogens with two attached hydrogens (primary N) is 1. The zero-order chi connectivity index (χ0) is 13.1. The van der Waals surface area contributed by atoms with Crippen LogP contribution in [0.3, 0.4) is 0 Å². The number of nitrogens with zero attached hydrogens (tertiary/aromatic N) is 2. The minimum atomic E-state index is -0.599. The Labute approximate surface area is 105 Å². The molecule has 0 aliphatic carbocycles. The van der Waals surface area contributed by atoms with Crippen molar-refractivity contribution < 1.29 is 9.53 Å². The van der Waals surface area contributed by atoms with Gasteiger partial charge in [0.05, 0.1) is 5.54 Å². The molecule has 7 heteroatoms. The first-order valence-corrected chi connectivity index (χ1v) is 6.21.